The molecule has 1 atom stereocenters. The number of anilines is 1. The molecule has 2 aromatic carbocycles. The Morgan fingerprint density at radius 2 is 1.85 bits per heavy atom. The first-order valence-corrected chi connectivity index (χ1v) is 10.5. The first-order chi connectivity index (χ1) is 15.8. The standard InChI is InChI=1S/C24H23FN4O4/c1-3-33-22(31)19-13-20-21(30)29(18-11-9-17(25)10-12-18)24(2,15-28(20)27-19)23(32)26-14-16-7-5-4-6-8-16/h4-13H,3,14-15H2,1-2H3,(H,26,32)/t24-/m0/s1. The Kier molecular flexibility index (Phi) is 5.95. The smallest absolute Gasteiger partial charge is 0.358 e. The summed E-state index contributed by atoms with van der Waals surface area (Å²) in [5.74, 6) is -2.07. The molecule has 170 valence electrons. The number of nitrogens with one attached hydrogen (secondary N) is 1. The molecule has 1 aliphatic heterocycles. The molecule has 0 aliphatic carbocycles. The highest BCUT2D eigenvalue weighted by atomic mass is 19.1. The number of aromatic nitrogens is 2. The van der Waals surface area contributed by atoms with Crippen LogP contribution in [0.5, 0.6) is 0 Å². The van der Waals surface area contributed by atoms with Crippen LogP contribution in [0.25, 0.3) is 0 Å². The van der Waals surface area contributed by atoms with E-state index in [0.717, 1.165) is 5.56 Å². The van der Waals surface area contributed by atoms with E-state index < -0.39 is 29.1 Å². The molecule has 0 radical (unpaired) electrons. The van der Waals surface area contributed by atoms with E-state index in [1.807, 2.05) is 30.3 Å². The molecule has 2 amide bonds. The van der Waals surface area contributed by atoms with E-state index in [4.69, 9.17) is 4.74 Å². The Bertz CT molecular complexity index is 1190. The molecule has 1 aromatic heterocycles. The molecule has 2 heterocycles. The summed E-state index contributed by atoms with van der Waals surface area (Å²) in [5.41, 5.74) is -0.0311. The maximum atomic E-state index is 13.6. The van der Waals surface area contributed by atoms with Crippen LogP contribution in [0.2, 0.25) is 0 Å². The summed E-state index contributed by atoms with van der Waals surface area (Å²) in [7, 11) is 0. The number of nitrogens with zero attached hydrogens (tertiary/aromatic N) is 3. The van der Waals surface area contributed by atoms with Crippen molar-refractivity contribution in [3.8, 4) is 0 Å². The molecule has 9 heteroatoms. The molecule has 1 aliphatic rings. The summed E-state index contributed by atoms with van der Waals surface area (Å²) in [5, 5.41) is 7.09. The second kappa shape index (κ2) is 8.85. The van der Waals surface area contributed by atoms with Gasteiger partial charge in [-0.15, -0.1) is 0 Å². The first kappa shape index (κ1) is 22.2. The van der Waals surface area contributed by atoms with Gasteiger partial charge in [-0.1, -0.05) is 30.3 Å². The van der Waals surface area contributed by atoms with Crippen LogP contribution in [-0.4, -0.2) is 39.7 Å². The highest BCUT2D eigenvalue weighted by Gasteiger charge is 2.49. The maximum absolute atomic E-state index is 13.6. The number of rotatable bonds is 6. The van der Waals surface area contributed by atoms with Crippen LogP contribution in [0.1, 0.15) is 40.4 Å². The highest BCUT2D eigenvalue weighted by molar-refractivity contribution is 6.12. The lowest BCUT2D eigenvalue weighted by atomic mass is 9.94. The molecule has 0 saturated carbocycles. The number of carbonyl (C=O) groups is 3. The Balaban J connectivity index is 1.72. The maximum Gasteiger partial charge on any atom is 0.358 e. The predicted octanol–water partition coefficient (Wildman–Crippen LogP) is 2.93. The van der Waals surface area contributed by atoms with Crippen molar-refractivity contribution in [2.75, 3.05) is 11.5 Å². The monoisotopic (exact) mass is 450 g/mol. The number of carbonyl (C=O) groups excluding carboxylic acids is 3. The summed E-state index contributed by atoms with van der Waals surface area (Å²) in [4.78, 5) is 40.4. The molecule has 0 unspecified atom stereocenters. The van der Waals surface area contributed by atoms with Crippen LogP contribution in [0, 0.1) is 5.82 Å². The Morgan fingerprint density at radius 3 is 2.52 bits per heavy atom. The largest absolute Gasteiger partial charge is 0.461 e. The lowest BCUT2D eigenvalue weighted by Gasteiger charge is -2.43. The molecule has 8 nitrogen and oxygen atoms in total. The minimum atomic E-state index is -1.39. The summed E-state index contributed by atoms with van der Waals surface area (Å²) >= 11 is 0. The van der Waals surface area contributed by atoms with Crippen LogP contribution in [-0.2, 0) is 22.6 Å². The third-order valence-corrected chi connectivity index (χ3v) is 5.51. The lowest BCUT2D eigenvalue weighted by molar-refractivity contribution is -0.126. The zero-order valence-electron chi connectivity index (χ0n) is 18.2. The molecular formula is C24H23FN4O4. The highest BCUT2D eigenvalue weighted by Crippen LogP contribution is 2.33. The van der Waals surface area contributed by atoms with Crippen molar-refractivity contribution in [1.29, 1.82) is 0 Å². The van der Waals surface area contributed by atoms with Gasteiger partial charge >= 0.3 is 5.97 Å². The Hall–Kier alpha value is -4.01. The van der Waals surface area contributed by atoms with Gasteiger partial charge in [0, 0.05) is 18.3 Å². The number of halogens is 1. The van der Waals surface area contributed by atoms with Gasteiger partial charge in [0.1, 0.15) is 17.1 Å². The predicted molar refractivity (Wildman–Crippen MR) is 118 cm³/mol. The fourth-order valence-corrected chi connectivity index (χ4v) is 3.85. The molecule has 33 heavy (non-hydrogen) atoms. The number of fused-ring (bicyclic) bond motifs is 1. The number of hydrogen-bond donors (Lipinski definition) is 1. The molecule has 1 N–H and O–H groups in total. The first-order valence-electron chi connectivity index (χ1n) is 10.5. The van der Waals surface area contributed by atoms with Crippen LogP contribution in [0.4, 0.5) is 10.1 Å². The van der Waals surface area contributed by atoms with E-state index in [-0.39, 0.29) is 31.1 Å². The molecule has 0 bridgehead atoms. The van der Waals surface area contributed by atoms with E-state index in [1.54, 1.807) is 13.8 Å². The zero-order chi connectivity index (χ0) is 23.6. The van der Waals surface area contributed by atoms with E-state index >= 15 is 0 Å². The molecule has 3 aromatic rings. The molecule has 4 rings (SSSR count). The van der Waals surface area contributed by atoms with Crippen molar-refractivity contribution in [3.05, 3.63) is 83.4 Å². The van der Waals surface area contributed by atoms with Crippen molar-refractivity contribution in [2.24, 2.45) is 0 Å². The summed E-state index contributed by atoms with van der Waals surface area (Å²) in [6.07, 6.45) is 0. The van der Waals surface area contributed by atoms with Gasteiger partial charge < -0.3 is 10.1 Å². The van der Waals surface area contributed by atoms with E-state index in [9.17, 15) is 18.8 Å². The van der Waals surface area contributed by atoms with E-state index in [0.29, 0.717) is 5.69 Å². The van der Waals surface area contributed by atoms with Crippen molar-refractivity contribution in [1.82, 2.24) is 15.1 Å². The number of benzene rings is 2. The molecule has 0 spiro atoms. The van der Waals surface area contributed by atoms with Crippen molar-refractivity contribution in [2.45, 2.75) is 32.5 Å². The molecular weight excluding hydrogens is 427 g/mol. The van der Waals surface area contributed by atoms with Gasteiger partial charge in [-0.05, 0) is 43.7 Å². The van der Waals surface area contributed by atoms with Crippen molar-refractivity contribution in [3.63, 3.8) is 0 Å². The summed E-state index contributed by atoms with van der Waals surface area (Å²) in [6, 6.07) is 16.0. The van der Waals surface area contributed by atoms with Crippen LogP contribution in [0.15, 0.2) is 60.7 Å². The minimum absolute atomic E-state index is 0.00845. The van der Waals surface area contributed by atoms with Gasteiger partial charge in [0.15, 0.2) is 5.69 Å². The second-order valence-corrected chi connectivity index (χ2v) is 7.85. The average molecular weight is 450 g/mol. The van der Waals surface area contributed by atoms with Crippen LogP contribution >= 0.6 is 0 Å². The van der Waals surface area contributed by atoms with Gasteiger partial charge in [-0.3, -0.25) is 19.2 Å². The second-order valence-electron chi connectivity index (χ2n) is 7.85. The fraction of sp³-hybridized carbons (Fsp3) is 0.250. The zero-order valence-corrected chi connectivity index (χ0v) is 18.2. The van der Waals surface area contributed by atoms with E-state index in [2.05, 4.69) is 10.4 Å². The third-order valence-electron chi connectivity index (χ3n) is 5.51. The number of hydrogen-bond acceptors (Lipinski definition) is 5. The quantitative estimate of drug-likeness (QED) is 0.583. The van der Waals surface area contributed by atoms with Gasteiger partial charge in [-0.25, -0.2) is 9.18 Å². The van der Waals surface area contributed by atoms with Gasteiger partial charge in [0.05, 0.1) is 13.2 Å². The normalized spacial score (nSPS) is 17.4. The lowest BCUT2D eigenvalue weighted by Crippen LogP contribution is -2.64. The fourth-order valence-electron chi connectivity index (χ4n) is 3.85. The topological polar surface area (TPSA) is 93.5 Å². The molecule has 0 fully saturated rings. The Labute approximate surface area is 190 Å². The van der Waals surface area contributed by atoms with Gasteiger partial charge in [-0.2, -0.15) is 5.10 Å². The average Bonchev–Trinajstić information content (AvgIpc) is 3.24. The van der Waals surface area contributed by atoms with Crippen molar-refractivity contribution < 1.29 is 23.5 Å². The van der Waals surface area contributed by atoms with Gasteiger partial charge in [0.2, 0.25) is 5.91 Å². The molecule has 0 saturated heterocycles. The number of amides is 2. The van der Waals surface area contributed by atoms with E-state index in [1.165, 1.54) is 39.9 Å². The Morgan fingerprint density at radius 1 is 1.15 bits per heavy atom. The SMILES string of the molecule is CCOC(=O)c1cc2n(n1)C[C@@](C)(C(=O)NCc1ccccc1)N(c1ccc(F)cc1)C2=O. The van der Waals surface area contributed by atoms with Crippen LogP contribution in [0.3, 0.4) is 0 Å². The number of ether oxygens (including phenoxy) is 1. The summed E-state index contributed by atoms with van der Waals surface area (Å²) < 4.78 is 19.9. The third kappa shape index (κ3) is 4.21. The van der Waals surface area contributed by atoms with Crippen molar-refractivity contribution >= 4 is 23.5 Å². The summed E-state index contributed by atoms with van der Waals surface area (Å²) in [6.45, 7) is 3.70. The minimum Gasteiger partial charge on any atom is -0.461 e. The van der Waals surface area contributed by atoms with Gasteiger partial charge in [0.25, 0.3) is 5.91 Å². The van der Waals surface area contributed by atoms with Crippen LogP contribution < -0.4 is 10.2 Å². The number of esters is 1.